The molecule has 0 aliphatic carbocycles. The zero-order valence-corrected chi connectivity index (χ0v) is 15.5. The molecule has 21 heavy (non-hydrogen) atoms. The lowest BCUT2D eigenvalue weighted by Gasteiger charge is -2.36. The third-order valence-corrected chi connectivity index (χ3v) is 4.34. The Bertz CT molecular complexity index is 278. The highest BCUT2D eigenvalue weighted by atomic mass is 35.5. The van der Waals surface area contributed by atoms with E-state index in [0.29, 0.717) is 0 Å². The van der Waals surface area contributed by atoms with Crippen LogP contribution < -0.4 is 5.73 Å². The van der Waals surface area contributed by atoms with Gasteiger partial charge < -0.3 is 15.5 Å². The summed E-state index contributed by atoms with van der Waals surface area (Å²) in [6.45, 7) is 13.6. The van der Waals surface area contributed by atoms with E-state index in [1.54, 1.807) is 0 Å². The Balaban J connectivity index is 0. The van der Waals surface area contributed by atoms with E-state index in [0.717, 1.165) is 44.9 Å². The number of hydrogen-bond acceptors (Lipinski definition) is 3. The highest BCUT2D eigenvalue weighted by molar-refractivity contribution is 5.85. The molecule has 0 aromatic heterocycles. The van der Waals surface area contributed by atoms with Gasteiger partial charge in [-0.1, -0.05) is 27.7 Å². The van der Waals surface area contributed by atoms with E-state index >= 15 is 0 Å². The number of likely N-dealkylation sites (tertiary alicyclic amines) is 1. The van der Waals surface area contributed by atoms with Crippen molar-refractivity contribution in [1.29, 1.82) is 0 Å². The Kier molecular flexibility index (Phi) is 12.8. The first-order valence-electron chi connectivity index (χ1n) is 7.76. The fourth-order valence-electron chi connectivity index (χ4n) is 2.68. The second kappa shape index (κ2) is 11.5. The monoisotopic (exact) mass is 341 g/mol. The lowest BCUT2D eigenvalue weighted by atomic mass is 9.94. The number of amides is 1. The van der Waals surface area contributed by atoms with E-state index in [1.807, 2.05) is 18.7 Å². The fourth-order valence-corrected chi connectivity index (χ4v) is 2.68. The zero-order valence-electron chi connectivity index (χ0n) is 13.9. The number of hydrogen-bond donors (Lipinski definition) is 1. The average molecular weight is 342 g/mol. The van der Waals surface area contributed by atoms with Crippen LogP contribution in [0.15, 0.2) is 0 Å². The lowest BCUT2D eigenvalue weighted by molar-refractivity contribution is -0.135. The molecule has 2 N–H and O–H groups in total. The summed E-state index contributed by atoms with van der Waals surface area (Å²) in [6, 6.07) is -0.334. The van der Waals surface area contributed by atoms with Crippen LogP contribution in [0.4, 0.5) is 0 Å². The van der Waals surface area contributed by atoms with Gasteiger partial charge >= 0.3 is 0 Å². The molecule has 1 rings (SSSR count). The highest BCUT2D eigenvalue weighted by Crippen LogP contribution is 2.19. The van der Waals surface area contributed by atoms with Gasteiger partial charge in [0.15, 0.2) is 0 Å². The molecule has 4 nitrogen and oxygen atoms in total. The molecule has 1 atom stereocenters. The standard InChI is InChI=1S/C15H31N3O.2ClH/c1-5-17(6-2)11-13-7-9-18(10-8-13)15(19)14(16)12(3)4;;/h12-14H,5-11,16H2,1-4H3;2*1H/t14-;;/m1../s1. The van der Waals surface area contributed by atoms with Gasteiger partial charge in [-0.3, -0.25) is 4.79 Å². The summed E-state index contributed by atoms with van der Waals surface area (Å²) in [5, 5.41) is 0. The second-order valence-electron chi connectivity index (χ2n) is 6.02. The molecule has 1 amide bonds. The van der Waals surface area contributed by atoms with E-state index in [4.69, 9.17) is 5.73 Å². The number of carbonyl (C=O) groups is 1. The minimum absolute atomic E-state index is 0. The molecule has 0 radical (unpaired) electrons. The van der Waals surface area contributed by atoms with Gasteiger partial charge in [0.2, 0.25) is 5.91 Å². The van der Waals surface area contributed by atoms with Crippen molar-refractivity contribution < 1.29 is 4.79 Å². The van der Waals surface area contributed by atoms with Crippen molar-refractivity contribution in [2.24, 2.45) is 17.6 Å². The van der Waals surface area contributed by atoms with Crippen molar-refractivity contribution in [3.8, 4) is 0 Å². The van der Waals surface area contributed by atoms with E-state index in [-0.39, 0.29) is 42.7 Å². The van der Waals surface area contributed by atoms with Crippen molar-refractivity contribution in [3.05, 3.63) is 0 Å². The first-order valence-corrected chi connectivity index (χ1v) is 7.76. The van der Waals surface area contributed by atoms with Gasteiger partial charge in [-0.2, -0.15) is 0 Å². The molecule has 0 bridgehead atoms. The summed E-state index contributed by atoms with van der Waals surface area (Å²) >= 11 is 0. The lowest BCUT2D eigenvalue weighted by Crippen LogP contribution is -2.50. The van der Waals surface area contributed by atoms with Gasteiger partial charge in [-0.25, -0.2) is 0 Å². The van der Waals surface area contributed by atoms with E-state index in [9.17, 15) is 4.79 Å². The molecule has 1 fully saturated rings. The number of halogens is 2. The van der Waals surface area contributed by atoms with Gasteiger partial charge in [0, 0.05) is 19.6 Å². The van der Waals surface area contributed by atoms with Crippen LogP contribution in [-0.2, 0) is 4.79 Å². The summed E-state index contributed by atoms with van der Waals surface area (Å²) < 4.78 is 0. The SMILES string of the molecule is CCN(CC)CC1CCN(C(=O)[C@H](N)C(C)C)CC1.Cl.Cl. The maximum atomic E-state index is 12.2. The third kappa shape index (κ3) is 7.18. The van der Waals surface area contributed by atoms with Crippen LogP contribution in [0.1, 0.15) is 40.5 Å². The number of piperidine rings is 1. The summed E-state index contributed by atoms with van der Waals surface area (Å²) in [7, 11) is 0. The van der Waals surface area contributed by atoms with Crippen molar-refractivity contribution >= 4 is 30.7 Å². The highest BCUT2D eigenvalue weighted by Gasteiger charge is 2.28. The molecule has 128 valence electrons. The topological polar surface area (TPSA) is 49.6 Å². The van der Waals surface area contributed by atoms with Crippen LogP contribution >= 0.6 is 24.8 Å². The minimum atomic E-state index is -0.334. The van der Waals surface area contributed by atoms with Crippen LogP contribution in [-0.4, -0.2) is 54.5 Å². The number of nitrogens with two attached hydrogens (primary N) is 1. The first-order chi connectivity index (χ1) is 8.99. The smallest absolute Gasteiger partial charge is 0.239 e. The third-order valence-electron chi connectivity index (χ3n) is 4.34. The molecule has 0 aromatic rings. The van der Waals surface area contributed by atoms with Crippen molar-refractivity contribution in [2.75, 3.05) is 32.7 Å². The summed E-state index contributed by atoms with van der Waals surface area (Å²) in [6.07, 6.45) is 2.24. The number of rotatable bonds is 6. The van der Waals surface area contributed by atoms with Crippen LogP contribution in [0.3, 0.4) is 0 Å². The van der Waals surface area contributed by atoms with E-state index < -0.39 is 0 Å². The Hall–Kier alpha value is -0.0300. The Labute approximate surface area is 142 Å². The summed E-state index contributed by atoms with van der Waals surface area (Å²) in [5.41, 5.74) is 5.95. The molecule has 1 aliphatic rings. The molecular weight excluding hydrogens is 309 g/mol. The molecular formula is C15H33Cl2N3O. The van der Waals surface area contributed by atoms with Crippen molar-refractivity contribution in [1.82, 2.24) is 9.80 Å². The molecule has 1 aliphatic heterocycles. The first kappa shape index (κ1) is 23.2. The molecule has 0 unspecified atom stereocenters. The number of carbonyl (C=O) groups excluding carboxylic acids is 1. The largest absolute Gasteiger partial charge is 0.341 e. The quantitative estimate of drug-likeness (QED) is 0.806. The normalized spacial score (nSPS) is 17.4. The van der Waals surface area contributed by atoms with Gasteiger partial charge in [0.05, 0.1) is 6.04 Å². The molecule has 0 aromatic carbocycles. The minimum Gasteiger partial charge on any atom is -0.341 e. The van der Waals surface area contributed by atoms with Gasteiger partial charge in [-0.05, 0) is 37.8 Å². The molecule has 0 saturated carbocycles. The Morgan fingerprint density at radius 1 is 1.19 bits per heavy atom. The number of nitrogens with zero attached hydrogens (tertiary/aromatic N) is 2. The Morgan fingerprint density at radius 3 is 2.05 bits per heavy atom. The predicted octanol–water partition coefficient (Wildman–Crippen LogP) is 2.39. The zero-order chi connectivity index (χ0) is 14.4. The molecule has 0 spiro atoms. The second-order valence-corrected chi connectivity index (χ2v) is 6.02. The molecule has 6 heteroatoms. The van der Waals surface area contributed by atoms with E-state index in [1.165, 1.54) is 6.54 Å². The fraction of sp³-hybridized carbons (Fsp3) is 0.933. The van der Waals surface area contributed by atoms with Crippen LogP contribution in [0.2, 0.25) is 0 Å². The van der Waals surface area contributed by atoms with Gasteiger partial charge in [-0.15, -0.1) is 24.8 Å². The predicted molar refractivity (Wildman–Crippen MR) is 94.4 cm³/mol. The van der Waals surface area contributed by atoms with E-state index in [2.05, 4.69) is 18.7 Å². The average Bonchev–Trinajstić information content (AvgIpc) is 2.43. The maximum absolute atomic E-state index is 12.2. The van der Waals surface area contributed by atoms with Crippen molar-refractivity contribution in [2.45, 2.75) is 46.6 Å². The Morgan fingerprint density at radius 2 is 1.67 bits per heavy atom. The van der Waals surface area contributed by atoms with Gasteiger partial charge in [0.25, 0.3) is 0 Å². The van der Waals surface area contributed by atoms with Crippen LogP contribution in [0.25, 0.3) is 0 Å². The summed E-state index contributed by atoms with van der Waals surface area (Å²) in [5.74, 6) is 1.09. The maximum Gasteiger partial charge on any atom is 0.239 e. The van der Waals surface area contributed by atoms with Crippen molar-refractivity contribution in [3.63, 3.8) is 0 Å². The van der Waals surface area contributed by atoms with Gasteiger partial charge in [0.1, 0.15) is 0 Å². The summed E-state index contributed by atoms with van der Waals surface area (Å²) in [4.78, 5) is 16.6. The van der Waals surface area contributed by atoms with Crippen LogP contribution in [0, 0.1) is 11.8 Å². The molecule has 1 heterocycles. The van der Waals surface area contributed by atoms with Crippen LogP contribution in [0.5, 0.6) is 0 Å². The molecule has 1 saturated heterocycles.